The van der Waals surface area contributed by atoms with Crippen LogP contribution >= 0.6 is 0 Å². The molecule has 18 heteroatoms. The molecule has 294 valence electrons. The number of carboxylic acids is 1. The van der Waals surface area contributed by atoms with Crippen molar-refractivity contribution in [2.45, 2.75) is 75.4 Å². The number of rotatable bonds is 8. The van der Waals surface area contributed by atoms with Gasteiger partial charge in [0.15, 0.2) is 17.2 Å². The Labute approximate surface area is 309 Å². The molecule has 1 amide bonds. The molecule has 0 radical (unpaired) electrons. The zero-order chi connectivity index (χ0) is 38.4. The molecule has 1 saturated carbocycles. The summed E-state index contributed by atoms with van der Waals surface area (Å²) >= 11 is 0. The summed E-state index contributed by atoms with van der Waals surface area (Å²) < 4.78 is 70.2. The summed E-state index contributed by atoms with van der Waals surface area (Å²) in [6.07, 6.45) is 1.62. The van der Waals surface area contributed by atoms with Gasteiger partial charge < -0.3 is 30.7 Å². The summed E-state index contributed by atoms with van der Waals surface area (Å²) in [4.78, 5) is 32.8. The molecule has 3 atom stereocenters. The highest BCUT2D eigenvalue weighted by molar-refractivity contribution is 5.94. The topological polar surface area (TPSA) is 140 Å². The number of halogens is 5. The van der Waals surface area contributed by atoms with Crippen LogP contribution in [0.4, 0.5) is 39.1 Å². The standard InChI is InChI=1S/C34H45F2N9O2.C2HF3O2/c1-37-25-16-30(41-45-27(17-39-31(25)45)32(46)40-24-6-7-28(24)47-2)44-13-8-23-22(4-3-5-26(23)44)18-42-12-9-29(34(35,36)21-42)43-14-10-33(11-15-43)19-38-20-33;3-2(4,5)1(6)7/h3-5,16-17,24,28-29,37-38H,6-15,18-21H2,1-2H3,(H,40,46);(H,6,7)/t24-,28-,29+;/m1./s1. The third-order valence-corrected chi connectivity index (χ3v) is 11.8. The minimum atomic E-state index is -5.08. The first-order valence-corrected chi connectivity index (χ1v) is 18.4. The number of amides is 1. The molecule has 3 saturated heterocycles. The van der Waals surface area contributed by atoms with E-state index < -0.39 is 24.1 Å². The van der Waals surface area contributed by atoms with Crippen LogP contribution in [0.15, 0.2) is 30.5 Å². The summed E-state index contributed by atoms with van der Waals surface area (Å²) in [7, 11) is 3.49. The summed E-state index contributed by atoms with van der Waals surface area (Å²) in [5.74, 6) is -5.05. The van der Waals surface area contributed by atoms with Gasteiger partial charge in [-0.1, -0.05) is 12.1 Å². The Morgan fingerprint density at radius 3 is 2.43 bits per heavy atom. The molecule has 0 bridgehead atoms. The van der Waals surface area contributed by atoms with Crippen molar-refractivity contribution in [3.05, 3.63) is 47.3 Å². The predicted octanol–water partition coefficient (Wildman–Crippen LogP) is 3.90. The molecular formula is C36H46F5N9O4. The molecule has 0 unspecified atom stereocenters. The van der Waals surface area contributed by atoms with Crippen LogP contribution in [0.3, 0.4) is 0 Å². The van der Waals surface area contributed by atoms with Gasteiger partial charge in [-0.05, 0) is 74.2 Å². The van der Waals surface area contributed by atoms with E-state index in [1.807, 2.05) is 24.1 Å². The van der Waals surface area contributed by atoms with Crippen LogP contribution in [-0.4, -0.2) is 132 Å². The van der Waals surface area contributed by atoms with E-state index in [2.05, 4.69) is 42.9 Å². The molecular weight excluding hydrogens is 717 g/mol. The first kappa shape index (κ1) is 38.2. The number of carboxylic acid groups (broad SMARTS) is 1. The Balaban J connectivity index is 0.000000588. The Morgan fingerprint density at radius 2 is 1.83 bits per heavy atom. The second-order valence-corrected chi connectivity index (χ2v) is 15.0. The number of carbonyl (C=O) groups excluding carboxylic acids is 1. The van der Waals surface area contributed by atoms with Crippen molar-refractivity contribution in [1.29, 1.82) is 0 Å². The maximum absolute atomic E-state index is 15.7. The van der Waals surface area contributed by atoms with Gasteiger partial charge in [-0.25, -0.2) is 23.1 Å². The number of benzene rings is 1. The van der Waals surface area contributed by atoms with Gasteiger partial charge in [0.25, 0.3) is 11.8 Å². The number of aromatic nitrogens is 3. The van der Waals surface area contributed by atoms with Gasteiger partial charge in [-0.15, -0.1) is 5.10 Å². The lowest BCUT2D eigenvalue weighted by atomic mass is 9.73. The van der Waals surface area contributed by atoms with E-state index in [0.29, 0.717) is 48.6 Å². The maximum Gasteiger partial charge on any atom is 0.490 e. The van der Waals surface area contributed by atoms with Crippen molar-refractivity contribution >= 4 is 34.7 Å². The predicted molar refractivity (Wildman–Crippen MR) is 189 cm³/mol. The number of piperidine rings is 2. The van der Waals surface area contributed by atoms with Gasteiger partial charge >= 0.3 is 12.1 Å². The fourth-order valence-corrected chi connectivity index (χ4v) is 8.44. The number of aliphatic carboxylic acids is 1. The van der Waals surface area contributed by atoms with Crippen molar-refractivity contribution in [2.24, 2.45) is 5.41 Å². The smallest absolute Gasteiger partial charge is 0.475 e. The molecule has 8 rings (SSSR count). The molecule has 3 aromatic rings. The number of hydrogen-bond acceptors (Lipinski definition) is 10. The molecule has 4 N–H and O–H groups in total. The summed E-state index contributed by atoms with van der Waals surface area (Å²) in [6.45, 7) is 5.27. The van der Waals surface area contributed by atoms with Crippen molar-refractivity contribution in [3.63, 3.8) is 0 Å². The highest BCUT2D eigenvalue weighted by atomic mass is 19.4. The van der Waals surface area contributed by atoms with Crippen LogP contribution in [0, 0.1) is 5.41 Å². The van der Waals surface area contributed by atoms with E-state index in [-0.39, 0.29) is 24.6 Å². The van der Waals surface area contributed by atoms with Gasteiger partial charge in [0, 0.05) is 58.6 Å². The Morgan fingerprint density at radius 1 is 1.09 bits per heavy atom. The number of methoxy groups -OCH3 is 1. The molecule has 4 aliphatic heterocycles. The average Bonchev–Trinajstić information content (AvgIpc) is 3.74. The number of fused-ring (bicyclic) bond motifs is 2. The number of alkyl halides is 5. The normalized spacial score (nSPS) is 24.9. The highest BCUT2D eigenvalue weighted by Crippen LogP contribution is 2.41. The summed E-state index contributed by atoms with van der Waals surface area (Å²) in [6, 6.07) is 7.41. The van der Waals surface area contributed by atoms with Gasteiger partial charge in [-0.3, -0.25) is 14.6 Å². The van der Waals surface area contributed by atoms with Gasteiger partial charge in [0.05, 0.1) is 36.6 Å². The Hall–Kier alpha value is -4.13. The molecule has 1 aliphatic carbocycles. The molecule has 13 nitrogen and oxygen atoms in total. The number of likely N-dealkylation sites (tertiary alicyclic amines) is 2. The van der Waals surface area contributed by atoms with E-state index in [1.54, 1.807) is 17.8 Å². The fourth-order valence-electron chi connectivity index (χ4n) is 8.44. The van der Waals surface area contributed by atoms with E-state index >= 15 is 8.78 Å². The van der Waals surface area contributed by atoms with E-state index in [9.17, 15) is 18.0 Å². The highest BCUT2D eigenvalue weighted by Gasteiger charge is 2.50. The maximum atomic E-state index is 15.7. The van der Waals surface area contributed by atoms with Crippen LogP contribution in [0.1, 0.15) is 53.7 Å². The minimum Gasteiger partial charge on any atom is -0.475 e. The number of anilines is 3. The zero-order valence-corrected chi connectivity index (χ0v) is 30.3. The van der Waals surface area contributed by atoms with Gasteiger partial charge in [-0.2, -0.15) is 13.2 Å². The van der Waals surface area contributed by atoms with Crippen LogP contribution in [0.5, 0.6) is 0 Å². The summed E-state index contributed by atoms with van der Waals surface area (Å²) in [5, 5.41) is 21.7. The molecule has 54 heavy (non-hydrogen) atoms. The van der Waals surface area contributed by atoms with Crippen LogP contribution in [0.2, 0.25) is 0 Å². The summed E-state index contributed by atoms with van der Waals surface area (Å²) in [5.41, 5.74) is 5.32. The first-order chi connectivity index (χ1) is 25.7. The van der Waals surface area contributed by atoms with Crippen LogP contribution in [0.25, 0.3) is 5.65 Å². The number of hydrogen-bond donors (Lipinski definition) is 4. The number of nitrogens with zero attached hydrogens (tertiary/aromatic N) is 6. The average molecular weight is 764 g/mol. The second kappa shape index (κ2) is 14.8. The number of ether oxygens (including phenoxy) is 1. The van der Waals surface area contributed by atoms with E-state index in [4.69, 9.17) is 19.7 Å². The van der Waals surface area contributed by atoms with Gasteiger partial charge in [0.2, 0.25) is 0 Å². The molecule has 1 aromatic carbocycles. The lowest BCUT2D eigenvalue weighted by molar-refractivity contribution is -0.192. The molecule has 2 aromatic heterocycles. The Kier molecular flexibility index (Phi) is 10.5. The minimum absolute atomic E-state index is 0.0227. The van der Waals surface area contributed by atoms with E-state index in [1.165, 1.54) is 5.56 Å². The van der Waals surface area contributed by atoms with Crippen LogP contribution in [-0.2, 0) is 22.5 Å². The zero-order valence-electron chi connectivity index (χ0n) is 30.3. The van der Waals surface area contributed by atoms with Crippen molar-refractivity contribution in [1.82, 2.24) is 35.0 Å². The fraction of sp³-hybridized carbons (Fsp3) is 0.611. The SMILES string of the molecule is CNc1cc(N2CCc3c(CN4CC[C@H](N5CCC6(CC5)CNC6)C(F)(F)C4)cccc32)nn2c(C(=O)N[C@@H]3CC[C@H]3OC)cnc12.O=C(O)C(F)(F)F. The monoisotopic (exact) mass is 763 g/mol. The van der Waals surface area contributed by atoms with Crippen molar-refractivity contribution in [2.75, 3.05) is 70.2 Å². The number of carbonyl (C=O) groups is 2. The van der Waals surface area contributed by atoms with E-state index in [0.717, 1.165) is 75.2 Å². The Bertz CT molecular complexity index is 1860. The number of imidazole rings is 1. The quantitative estimate of drug-likeness (QED) is 0.249. The molecule has 5 aliphatic rings. The lowest BCUT2D eigenvalue weighted by Crippen LogP contribution is -2.63. The molecule has 4 fully saturated rings. The van der Waals surface area contributed by atoms with Crippen molar-refractivity contribution in [3.8, 4) is 0 Å². The molecule has 1 spiro atoms. The molecule has 6 heterocycles. The van der Waals surface area contributed by atoms with Crippen molar-refractivity contribution < 1.29 is 41.4 Å². The third-order valence-electron chi connectivity index (χ3n) is 11.8. The second-order valence-electron chi connectivity index (χ2n) is 15.0. The van der Waals surface area contributed by atoms with Gasteiger partial charge in [0.1, 0.15) is 0 Å². The first-order valence-electron chi connectivity index (χ1n) is 18.4. The largest absolute Gasteiger partial charge is 0.490 e. The lowest BCUT2D eigenvalue weighted by Gasteiger charge is -2.52. The number of nitrogens with one attached hydrogen (secondary N) is 3. The third kappa shape index (κ3) is 7.44. The van der Waals surface area contributed by atoms with Crippen LogP contribution < -0.4 is 20.9 Å².